The van der Waals surface area contributed by atoms with Crippen LogP contribution in [0.15, 0.2) is 24.4 Å². The first-order valence-corrected chi connectivity index (χ1v) is 6.88. The molecule has 5 nitrogen and oxygen atoms in total. The predicted molar refractivity (Wildman–Crippen MR) is 80.2 cm³/mol. The molecule has 3 heterocycles. The Balaban J connectivity index is 1.86. The highest BCUT2D eigenvalue weighted by Crippen LogP contribution is 2.17. The quantitative estimate of drug-likeness (QED) is 0.553. The number of aryl methyl sites for hydroxylation is 1. The van der Waals surface area contributed by atoms with Gasteiger partial charge in [0.15, 0.2) is 5.78 Å². The Hall–Kier alpha value is -1.70. The van der Waals surface area contributed by atoms with E-state index in [4.69, 9.17) is 0 Å². The first-order valence-electron chi connectivity index (χ1n) is 5.80. The van der Waals surface area contributed by atoms with Gasteiger partial charge in [-0.3, -0.25) is 9.89 Å². The van der Waals surface area contributed by atoms with Crippen LogP contribution in [0.5, 0.6) is 0 Å². The van der Waals surface area contributed by atoms with E-state index in [1.165, 1.54) is 0 Å². The van der Waals surface area contributed by atoms with Crippen LogP contribution < -0.4 is 0 Å². The van der Waals surface area contributed by atoms with E-state index >= 15 is 0 Å². The van der Waals surface area contributed by atoms with E-state index in [0.29, 0.717) is 12.1 Å². The van der Waals surface area contributed by atoms with Crippen molar-refractivity contribution in [3.05, 3.63) is 45.0 Å². The molecule has 0 spiro atoms. The maximum absolute atomic E-state index is 12.0. The molecule has 3 aromatic heterocycles. The summed E-state index contributed by atoms with van der Waals surface area (Å²) in [5.41, 5.74) is 3.10. The average Bonchev–Trinajstić information content (AvgIpc) is 2.93. The van der Waals surface area contributed by atoms with Gasteiger partial charge in [0.1, 0.15) is 11.3 Å². The lowest BCUT2D eigenvalue weighted by molar-refractivity contribution is 0.0988. The second kappa shape index (κ2) is 4.76. The van der Waals surface area contributed by atoms with Gasteiger partial charge in [-0.25, -0.2) is 4.98 Å². The van der Waals surface area contributed by atoms with Crippen molar-refractivity contribution in [2.24, 2.45) is 0 Å². The highest BCUT2D eigenvalue weighted by atomic mass is 127. The van der Waals surface area contributed by atoms with Gasteiger partial charge in [0.25, 0.3) is 0 Å². The van der Waals surface area contributed by atoms with Gasteiger partial charge in [0.2, 0.25) is 0 Å². The van der Waals surface area contributed by atoms with Crippen molar-refractivity contribution >= 4 is 39.4 Å². The number of fused-ring (bicyclic) bond motifs is 1. The van der Waals surface area contributed by atoms with Gasteiger partial charge >= 0.3 is 0 Å². The van der Waals surface area contributed by atoms with Crippen LogP contribution in [0.1, 0.15) is 21.7 Å². The summed E-state index contributed by atoms with van der Waals surface area (Å²) in [7, 11) is 0. The summed E-state index contributed by atoms with van der Waals surface area (Å²) < 4.78 is 1.03. The zero-order valence-corrected chi connectivity index (χ0v) is 12.4. The number of rotatable bonds is 3. The summed E-state index contributed by atoms with van der Waals surface area (Å²) in [5, 5.41) is 7.77. The van der Waals surface area contributed by atoms with E-state index in [2.05, 4.69) is 42.8 Å². The molecule has 0 fully saturated rings. The van der Waals surface area contributed by atoms with Crippen molar-refractivity contribution in [1.82, 2.24) is 20.2 Å². The third kappa shape index (κ3) is 2.53. The van der Waals surface area contributed by atoms with Crippen molar-refractivity contribution in [3.8, 4) is 0 Å². The average molecular weight is 366 g/mol. The molecule has 0 aliphatic carbocycles. The van der Waals surface area contributed by atoms with Crippen LogP contribution in [-0.2, 0) is 6.42 Å². The van der Waals surface area contributed by atoms with Crippen molar-refractivity contribution < 1.29 is 4.79 Å². The fraction of sp³-hybridized carbons (Fsp3) is 0.154. The lowest BCUT2D eigenvalue weighted by Crippen LogP contribution is -2.04. The molecule has 0 aliphatic rings. The molecule has 0 saturated carbocycles. The van der Waals surface area contributed by atoms with Gasteiger partial charge in [-0.2, -0.15) is 5.10 Å². The van der Waals surface area contributed by atoms with Crippen molar-refractivity contribution in [2.75, 3.05) is 0 Å². The Morgan fingerprint density at radius 2 is 2.21 bits per heavy atom. The molecule has 0 aliphatic heterocycles. The van der Waals surface area contributed by atoms with Gasteiger partial charge in [-0.1, -0.05) is 0 Å². The minimum absolute atomic E-state index is 0.00395. The maximum atomic E-state index is 12.0. The lowest BCUT2D eigenvalue weighted by atomic mass is 10.1. The Labute approximate surface area is 123 Å². The number of nitrogens with zero attached hydrogens (tertiary/aromatic N) is 2. The van der Waals surface area contributed by atoms with Gasteiger partial charge < -0.3 is 4.98 Å². The van der Waals surface area contributed by atoms with Crippen LogP contribution >= 0.6 is 22.6 Å². The van der Waals surface area contributed by atoms with Crippen LogP contribution in [0.4, 0.5) is 0 Å². The second-order valence-corrected chi connectivity index (χ2v) is 5.60. The van der Waals surface area contributed by atoms with Crippen molar-refractivity contribution in [2.45, 2.75) is 13.3 Å². The van der Waals surface area contributed by atoms with Gasteiger partial charge in [-0.05, 0) is 53.3 Å². The fourth-order valence-electron chi connectivity index (χ4n) is 1.96. The summed E-state index contributed by atoms with van der Waals surface area (Å²) in [6.07, 6.45) is 2.04. The molecule has 96 valence electrons. The molecule has 0 saturated heterocycles. The number of pyridine rings is 1. The number of Topliss-reactive ketones (excluding diaryl/α,β-unsaturated/α-hetero) is 1. The zero-order chi connectivity index (χ0) is 13.4. The molecular formula is C13H11IN4O. The number of halogens is 1. The van der Waals surface area contributed by atoms with Crippen LogP contribution in [0.25, 0.3) is 11.0 Å². The van der Waals surface area contributed by atoms with E-state index in [-0.39, 0.29) is 5.78 Å². The third-order valence-electron chi connectivity index (χ3n) is 2.85. The molecule has 0 amide bonds. The third-order valence-corrected chi connectivity index (χ3v) is 3.43. The Morgan fingerprint density at radius 3 is 2.95 bits per heavy atom. The van der Waals surface area contributed by atoms with Crippen LogP contribution in [-0.4, -0.2) is 25.9 Å². The molecule has 3 rings (SSSR count). The minimum Gasteiger partial charge on any atom is -0.335 e. The molecule has 19 heavy (non-hydrogen) atoms. The van der Waals surface area contributed by atoms with E-state index < -0.39 is 0 Å². The summed E-state index contributed by atoms with van der Waals surface area (Å²) in [4.78, 5) is 19.5. The highest BCUT2D eigenvalue weighted by Gasteiger charge is 2.11. The number of ketones is 1. The monoisotopic (exact) mass is 366 g/mol. The highest BCUT2D eigenvalue weighted by molar-refractivity contribution is 14.1. The van der Waals surface area contributed by atoms with Crippen LogP contribution in [0.2, 0.25) is 0 Å². The number of H-pyrrole nitrogens is 2. The Bertz CT molecular complexity index is 759. The fourth-order valence-corrected chi connectivity index (χ4v) is 2.55. The number of nitrogens with one attached hydrogen (secondary N) is 2. The van der Waals surface area contributed by atoms with Crippen molar-refractivity contribution in [1.29, 1.82) is 0 Å². The van der Waals surface area contributed by atoms with Crippen molar-refractivity contribution in [3.63, 3.8) is 0 Å². The number of hydrogen-bond donors (Lipinski definition) is 2. The second-order valence-electron chi connectivity index (χ2n) is 4.43. The Morgan fingerprint density at radius 1 is 1.37 bits per heavy atom. The molecule has 0 bridgehead atoms. The molecule has 0 atom stereocenters. The molecule has 0 aromatic carbocycles. The molecule has 0 unspecified atom stereocenters. The lowest BCUT2D eigenvalue weighted by Gasteiger charge is -1.98. The Kier molecular flexibility index (Phi) is 3.09. The van der Waals surface area contributed by atoms with Gasteiger partial charge in [0, 0.05) is 23.7 Å². The molecular weight excluding hydrogens is 355 g/mol. The van der Waals surface area contributed by atoms with E-state index in [1.807, 2.05) is 19.1 Å². The maximum Gasteiger partial charge on any atom is 0.187 e. The van der Waals surface area contributed by atoms with E-state index in [9.17, 15) is 4.79 Å². The summed E-state index contributed by atoms with van der Waals surface area (Å²) in [5.74, 6) is -0.00395. The zero-order valence-electron chi connectivity index (χ0n) is 10.2. The summed E-state index contributed by atoms with van der Waals surface area (Å²) in [6.45, 7) is 1.87. The topological polar surface area (TPSA) is 74.4 Å². The molecule has 0 radical (unpaired) electrons. The van der Waals surface area contributed by atoms with Crippen LogP contribution in [0.3, 0.4) is 0 Å². The number of hydrogen-bond acceptors (Lipinski definition) is 3. The first kappa shape index (κ1) is 12.3. The number of carbonyl (C=O) groups excluding carboxylic acids is 1. The SMILES string of the molecule is Cc1cc(C(=O)Cc2cnc3[nH]c(I)cc3c2)n[nH]1. The molecule has 3 aromatic rings. The number of aromatic amines is 2. The predicted octanol–water partition coefficient (Wildman–Crippen LogP) is 2.62. The van der Waals surface area contributed by atoms with E-state index in [1.54, 1.807) is 12.3 Å². The van der Waals surface area contributed by atoms with Crippen LogP contribution in [0, 0.1) is 10.6 Å². The standard InChI is InChI=1S/C13H11IN4O/c1-7-2-10(18-17-7)11(19)4-8-3-9-5-12(14)16-13(9)15-6-8/h2-3,5-6H,4H2,1H3,(H,15,16)(H,17,18). The summed E-state index contributed by atoms with van der Waals surface area (Å²) in [6, 6.07) is 5.75. The van der Waals surface area contributed by atoms with Gasteiger partial charge in [0.05, 0.1) is 3.70 Å². The summed E-state index contributed by atoms with van der Waals surface area (Å²) >= 11 is 2.21. The van der Waals surface area contributed by atoms with E-state index in [0.717, 1.165) is 26.0 Å². The largest absolute Gasteiger partial charge is 0.335 e. The smallest absolute Gasteiger partial charge is 0.187 e. The first-order chi connectivity index (χ1) is 9.11. The normalized spacial score (nSPS) is 11.1. The molecule has 2 N–H and O–H groups in total. The minimum atomic E-state index is -0.00395. The number of carbonyl (C=O) groups is 1. The number of aromatic nitrogens is 4. The molecule has 6 heteroatoms. The van der Waals surface area contributed by atoms with Gasteiger partial charge in [-0.15, -0.1) is 0 Å².